The Balaban J connectivity index is 1.58. The molecule has 7 nitrogen and oxygen atoms in total. The van der Waals surface area contributed by atoms with Crippen LogP contribution in [0.5, 0.6) is 5.75 Å². The Labute approximate surface area is 151 Å². The Bertz CT molecular complexity index is 892. The molecule has 0 bridgehead atoms. The van der Waals surface area contributed by atoms with Crippen LogP contribution in [0.15, 0.2) is 53.2 Å². The van der Waals surface area contributed by atoms with Crippen molar-refractivity contribution in [1.29, 1.82) is 0 Å². The number of aryl methyl sites for hydroxylation is 1. The van der Waals surface area contributed by atoms with Crippen molar-refractivity contribution in [2.45, 2.75) is 13.3 Å². The highest BCUT2D eigenvalue weighted by Gasteiger charge is 2.09. The second kappa shape index (κ2) is 8.15. The zero-order valence-corrected chi connectivity index (χ0v) is 14.7. The largest absolute Gasteiger partial charge is 0.496 e. The maximum absolute atomic E-state index is 12.4. The van der Waals surface area contributed by atoms with Gasteiger partial charge in [-0.15, -0.1) is 0 Å². The number of nitrogens with one attached hydrogen (secondary N) is 2. The van der Waals surface area contributed by atoms with E-state index in [0.29, 0.717) is 35.9 Å². The smallest absolute Gasteiger partial charge is 0.251 e. The van der Waals surface area contributed by atoms with E-state index in [1.807, 2.05) is 24.3 Å². The number of pyridine rings is 1. The van der Waals surface area contributed by atoms with Crippen LogP contribution in [-0.4, -0.2) is 29.7 Å². The molecule has 0 spiro atoms. The lowest BCUT2D eigenvalue weighted by molar-refractivity contribution is 0.0954. The van der Waals surface area contributed by atoms with Gasteiger partial charge in [0.15, 0.2) is 5.82 Å². The van der Waals surface area contributed by atoms with E-state index in [9.17, 15) is 4.79 Å². The normalized spacial score (nSPS) is 10.4. The van der Waals surface area contributed by atoms with E-state index in [-0.39, 0.29) is 5.91 Å². The zero-order valence-electron chi connectivity index (χ0n) is 14.7. The quantitative estimate of drug-likeness (QED) is 0.679. The van der Waals surface area contributed by atoms with Gasteiger partial charge in [0.1, 0.15) is 17.3 Å². The number of benzene rings is 1. The van der Waals surface area contributed by atoms with Crippen molar-refractivity contribution in [3.05, 3.63) is 65.5 Å². The van der Waals surface area contributed by atoms with Gasteiger partial charge in [0.25, 0.3) is 5.91 Å². The van der Waals surface area contributed by atoms with E-state index in [0.717, 1.165) is 11.3 Å². The molecule has 1 aromatic carbocycles. The third-order valence-electron chi connectivity index (χ3n) is 3.78. The van der Waals surface area contributed by atoms with Crippen molar-refractivity contribution in [1.82, 2.24) is 15.5 Å². The predicted molar refractivity (Wildman–Crippen MR) is 97.8 cm³/mol. The number of anilines is 2. The average molecular weight is 352 g/mol. The summed E-state index contributed by atoms with van der Waals surface area (Å²) in [6, 6.07) is 12.8. The first-order valence-electron chi connectivity index (χ1n) is 8.22. The van der Waals surface area contributed by atoms with Crippen LogP contribution in [0.1, 0.15) is 21.7 Å². The third kappa shape index (κ3) is 4.38. The van der Waals surface area contributed by atoms with E-state index in [1.165, 1.54) is 0 Å². The van der Waals surface area contributed by atoms with Gasteiger partial charge in [-0.05, 0) is 37.1 Å². The fraction of sp³-hybridized carbons (Fsp3) is 0.211. The highest BCUT2D eigenvalue weighted by atomic mass is 16.5. The van der Waals surface area contributed by atoms with Gasteiger partial charge in [-0.3, -0.25) is 4.79 Å². The molecule has 2 N–H and O–H groups in total. The molecule has 2 heterocycles. The number of carbonyl (C=O) groups excluding carboxylic acids is 1. The molecule has 134 valence electrons. The van der Waals surface area contributed by atoms with E-state index in [1.54, 1.807) is 38.4 Å². The maximum Gasteiger partial charge on any atom is 0.251 e. The summed E-state index contributed by atoms with van der Waals surface area (Å²) >= 11 is 0. The van der Waals surface area contributed by atoms with Gasteiger partial charge in [-0.2, -0.15) is 0 Å². The summed E-state index contributed by atoms with van der Waals surface area (Å²) in [5.41, 5.74) is 1.57. The van der Waals surface area contributed by atoms with E-state index in [2.05, 4.69) is 20.8 Å². The van der Waals surface area contributed by atoms with Crippen LogP contribution in [-0.2, 0) is 6.42 Å². The fourth-order valence-electron chi connectivity index (χ4n) is 2.52. The number of nitrogens with zero attached hydrogens (tertiary/aromatic N) is 2. The maximum atomic E-state index is 12.4. The summed E-state index contributed by atoms with van der Waals surface area (Å²) in [5.74, 6) is 2.42. The molecule has 0 saturated carbocycles. The second-order valence-electron chi connectivity index (χ2n) is 5.70. The van der Waals surface area contributed by atoms with Crippen LogP contribution in [0.25, 0.3) is 0 Å². The number of methoxy groups -OCH3 is 1. The lowest BCUT2D eigenvalue weighted by Gasteiger charge is -2.09. The number of para-hydroxylation sites is 1. The van der Waals surface area contributed by atoms with Gasteiger partial charge in [-0.1, -0.05) is 23.4 Å². The summed E-state index contributed by atoms with van der Waals surface area (Å²) in [4.78, 5) is 16.6. The van der Waals surface area contributed by atoms with Gasteiger partial charge >= 0.3 is 0 Å². The van der Waals surface area contributed by atoms with Crippen molar-refractivity contribution < 1.29 is 14.1 Å². The van der Waals surface area contributed by atoms with Crippen molar-refractivity contribution >= 4 is 17.5 Å². The van der Waals surface area contributed by atoms with Gasteiger partial charge in [0, 0.05) is 24.4 Å². The molecule has 7 heteroatoms. The zero-order chi connectivity index (χ0) is 18.4. The van der Waals surface area contributed by atoms with E-state index in [4.69, 9.17) is 9.26 Å². The Kier molecular flexibility index (Phi) is 5.48. The SMILES string of the molecule is COc1ccccc1CCNC(=O)c1ccnc(Nc2cc(C)on2)c1. The van der Waals surface area contributed by atoms with Crippen molar-refractivity contribution in [3.8, 4) is 5.75 Å². The number of hydrogen-bond acceptors (Lipinski definition) is 6. The Hall–Kier alpha value is -3.35. The molecule has 0 radical (unpaired) electrons. The first-order valence-corrected chi connectivity index (χ1v) is 8.22. The molecule has 3 rings (SSSR count). The Morgan fingerprint density at radius 3 is 2.81 bits per heavy atom. The minimum absolute atomic E-state index is 0.165. The highest BCUT2D eigenvalue weighted by Crippen LogP contribution is 2.18. The molecule has 26 heavy (non-hydrogen) atoms. The van der Waals surface area contributed by atoms with Gasteiger partial charge in [0.05, 0.1) is 7.11 Å². The molecule has 0 unspecified atom stereocenters. The molecular weight excluding hydrogens is 332 g/mol. The predicted octanol–water partition coefficient (Wildman–Crippen LogP) is 3.10. The van der Waals surface area contributed by atoms with Crippen LogP contribution in [0.3, 0.4) is 0 Å². The summed E-state index contributed by atoms with van der Waals surface area (Å²) < 4.78 is 10.3. The lowest BCUT2D eigenvalue weighted by atomic mass is 10.1. The summed E-state index contributed by atoms with van der Waals surface area (Å²) in [7, 11) is 1.64. The Morgan fingerprint density at radius 1 is 1.19 bits per heavy atom. The van der Waals surface area contributed by atoms with Crippen LogP contribution in [0.2, 0.25) is 0 Å². The van der Waals surface area contributed by atoms with E-state index < -0.39 is 0 Å². The van der Waals surface area contributed by atoms with Crippen molar-refractivity contribution in [2.75, 3.05) is 19.0 Å². The van der Waals surface area contributed by atoms with Crippen LogP contribution < -0.4 is 15.4 Å². The summed E-state index contributed by atoms with van der Waals surface area (Å²) in [6.45, 7) is 2.31. The molecule has 0 fully saturated rings. The highest BCUT2D eigenvalue weighted by molar-refractivity contribution is 5.94. The van der Waals surface area contributed by atoms with Crippen LogP contribution in [0.4, 0.5) is 11.6 Å². The standard InChI is InChI=1S/C19H20N4O3/c1-13-11-18(23-26-13)22-17-12-15(8-9-20-17)19(24)21-10-7-14-5-3-4-6-16(14)25-2/h3-6,8-9,11-12H,7,10H2,1-2H3,(H,21,24)(H,20,22,23). The summed E-state index contributed by atoms with van der Waals surface area (Å²) in [5, 5.41) is 9.76. The molecule has 1 amide bonds. The number of ether oxygens (including phenoxy) is 1. The van der Waals surface area contributed by atoms with Crippen molar-refractivity contribution in [2.24, 2.45) is 0 Å². The van der Waals surface area contributed by atoms with Gasteiger partial charge in [-0.25, -0.2) is 4.98 Å². The van der Waals surface area contributed by atoms with Gasteiger partial charge < -0.3 is 19.9 Å². The summed E-state index contributed by atoms with van der Waals surface area (Å²) in [6.07, 6.45) is 2.26. The number of hydrogen-bond donors (Lipinski definition) is 2. The monoisotopic (exact) mass is 352 g/mol. The molecule has 0 aliphatic carbocycles. The number of amides is 1. The van der Waals surface area contributed by atoms with Gasteiger partial charge in [0.2, 0.25) is 0 Å². The third-order valence-corrected chi connectivity index (χ3v) is 3.78. The first kappa shape index (κ1) is 17.5. The first-order chi connectivity index (χ1) is 12.7. The molecule has 3 aromatic rings. The van der Waals surface area contributed by atoms with Crippen LogP contribution in [0, 0.1) is 6.92 Å². The number of rotatable bonds is 7. The number of carbonyl (C=O) groups is 1. The minimum Gasteiger partial charge on any atom is -0.496 e. The topological polar surface area (TPSA) is 89.3 Å². The second-order valence-corrected chi connectivity index (χ2v) is 5.70. The van der Waals surface area contributed by atoms with Crippen molar-refractivity contribution in [3.63, 3.8) is 0 Å². The lowest BCUT2D eigenvalue weighted by Crippen LogP contribution is -2.25. The molecule has 0 aliphatic rings. The molecular formula is C19H20N4O3. The molecule has 0 atom stereocenters. The van der Waals surface area contributed by atoms with Crippen LogP contribution >= 0.6 is 0 Å². The molecule has 0 aliphatic heterocycles. The molecule has 2 aromatic heterocycles. The Morgan fingerprint density at radius 2 is 2.04 bits per heavy atom. The fourth-order valence-corrected chi connectivity index (χ4v) is 2.52. The average Bonchev–Trinajstić information content (AvgIpc) is 3.07. The minimum atomic E-state index is -0.165. The molecule has 0 saturated heterocycles. The number of aromatic nitrogens is 2. The van der Waals surface area contributed by atoms with E-state index >= 15 is 0 Å².